The molecule has 0 radical (unpaired) electrons. The molecule has 1 heterocycles. The van der Waals surface area contributed by atoms with Crippen molar-refractivity contribution in [2.75, 3.05) is 18.9 Å². The van der Waals surface area contributed by atoms with E-state index in [0.717, 1.165) is 5.56 Å². The normalized spacial score (nSPS) is 9.83. The molecule has 0 saturated heterocycles. The highest BCUT2D eigenvalue weighted by molar-refractivity contribution is 5.28. The fourth-order valence-corrected chi connectivity index (χ4v) is 0.728. The molecule has 0 saturated carbocycles. The number of hydrogen-bond acceptors (Lipinski definition) is 5. The second-order valence-electron chi connectivity index (χ2n) is 2.29. The van der Waals surface area contributed by atoms with Crippen LogP contribution in [0, 0.1) is 6.92 Å². The van der Waals surface area contributed by atoms with E-state index < -0.39 is 0 Å². The lowest BCUT2D eigenvalue weighted by molar-refractivity contribution is 0.196. The summed E-state index contributed by atoms with van der Waals surface area (Å²) in [7, 11) is 0. The van der Waals surface area contributed by atoms with E-state index in [0.29, 0.717) is 5.88 Å². The van der Waals surface area contributed by atoms with Crippen molar-refractivity contribution in [3.63, 3.8) is 0 Å². The van der Waals surface area contributed by atoms with Gasteiger partial charge in [-0.15, -0.1) is 0 Å². The molecule has 1 aromatic rings. The number of nitrogens with zero attached hydrogens (tertiary/aromatic N) is 2. The summed E-state index contributed by atoms with van der Waals surface area (Å²) in [5, 5.41) is 8.49. The maximum atomic E-state index is 8.49. The Balaban J connectivity index is 2.75. The molecule has 0 fully saturated rings. The Hall–Kier alpha value is -1.36. The summed E-state index contributed by atoms with van der Waals surface area (Å²) < 4.78 is 5.09. The lowest BCUT2D eigenvalue weighted by atomic mass is 10.4. The molecule has 1 aromatic heterocycles. The molecule has 0 aliphatic carbocycles. The van der Waals surface area contributed by atoms with E-state index in [4.69, 9.17) is 15.6 Å². The van der Waals surface area contributed by atoms with Gasteiger partial charge in [0.25, 0.3) is 0 Å². The molecule has 0 bridgehead atoms. The van der Waals surface area contributed by atoms with Gasteiger partial charge in [0.1, 0.15) is 6.61 Å². The number of anilines is 1. The van der Waals surface area contributed by atoms with Crippen LogP contribution in [0.1, 0.15) is 5.56 Å². The first-order valence-electron chi connectivity index (χ1n) is 3.57. The number of hydrogen-bond donors (Lipinski definition) is 2. The first-order chi connectivity index (χ1) is 5.74. The molecule has 5 nitrogen and oxygen atoms in total. The van der Waals surface area contributed by atoms with Crippen molar-refractivity contribution in [2.24, 2.45) is 0 Å². The fraction of sp³-hybridized carbons (Fsp3) is 0.429. The maximum Gasteiger partial charge on any atom is 0.223 e. The van der Waals surface area contributed by atoms with Crippen LogP contribution in [0.15, 0.2) is 6.20 Å². The third-order valence-electron chi connectivity index (χ3n) is 1.27. The number of rotatable bonds is 3. The smallest absolute Gasteiger partial charge is 0.223 e. The van der Waals surface area contributed by atoms with Gasteiger partial charge in [-0.1, -0.05) is 0 Å². The van der Waals surface area contributed by atoms with Crippen molar-refractivity contribution >= 4 is 5.95 Å². The predicted molar refractivity (Wildman–Crippen MR) is 43.8 cm³/mol. The van der Waals surface area contributed by atoms with E-state index in [1.54, 1.807) is 6.20 Å². The summed E-state index contributed by atoms with van der Waals surface area (Å²) in [4.78, 5) is 7.62. The number of aryl methyl sites for hydroxylation is 1. The monoisotopic (exact) mass is 169 g/mol. The second kappa shape index (κ2) is 3.87. The average Bonchev–Trinajstić information content (AvgIpc) is 2.07. The Labute approximate surface area is 70.2 Å². The van der Waals surface area contributed by atoms with Crippen LogP contribution < -0.4 is 10.5 Å². The molecule has 0 unspecified atom stereocenters. The van der Waals surface area contributed by atoms with Gasteiger partial charge in [-0.2, -0.15) is 4.98 Å². The van der Waals surface area contributed by atoms with Crippen LogP contribution in [0.3, 0.4) is 0 Å². The van der Waals surface area contributed by atoms with Crippen LogP contribution in [-0.2, 0) is 0 Å². The molecule has 0 aromatic carbocycles. The Morgan fingerprint density at radius 2 is 2.42 bits per heavy atom. The van der Waals surface area contributed by atoms with E-state index in [9.17, 15) is 0 Å². The number of aliphatic hydroxyl groups excluding tert-OH is 1. The van der Waals surface area contributed by atoms with Crippen molar-refractivity contribution in [1.82, 2.24) is 9.97 Å². The summed E-state index contributed by atoms with van der Waals surface area (Å²) in [6.07, 6.45) is 1.58. The molecule has 0 aliphatic rings. The summed E-state index contributed by atoms with van der Waals surface area (Å²) >= 11 is 0. The molecule has 0 amide bonds. The van der Waals surface area contributed by atoms with Gasteiger partial charge in [-0.25, -0.2) is 4.98 Å². The minimum absolute atomic E-state index is 0.0383. The van der Waals surface area contributed by atoms with Crippen molar-refractivity contribution in [3.8, 4) is 5.88 Å². The molecule has 3 N–H and O–H groups in total. The van der Waals surface area contributed by atoms with Gasteiger partial charge in [-0.3, -0.25) is 0 Å². The molecule has 5 heteroatoms. The summed E-state index contributed by atoms with van der Waals surface area (Å²) in [6, 6.07) is 0. The van der Waals surface area contributed by atoms with E-state index in [-0.39, 0.29) is 19.2 Å². The molecule has 0 aliphatic heterocycles. The quantitative estimate of drug-likeness (QED) is 0.651. The standard InChI is InChI=1S/C7H11N3O2/c1-5-4-9-7(8)10-6(5)12-3-2-11/h4,11H,2-3H2,1H3,(H2,8,9,10). The number of aliphatic hydroxyl groups is 1. The van der Waals surface area contributed by atoms with E-state index in [2.05, 4.69) is 9.97 Å². The lowest BCUT2D eigenvalue weighted by Gasteiger charge is -2.05. The molecule has 0 atom stereocenters. The summed E-state index contributed by atoms with van der Waals surface area (Å²) in [5.41, 5.74) is 6.14. The molecule has 66 valence electrons. The van der Waals surface area contributed by atoms with Gasteiger partial charge in [-0.05, 0) is 6.92 Å². The van der Waals surface area contributed by atoms with Crippen LogP contribution in [0.25, 0.3) is 0 Å². The largest absolute Gasteiger partial charge is 0.475 e. The van der Waals surface area contributed by atoms with Crippen molar-refractivity contribution < 1.29 is 9.84 Å². The minimum Gasteiger partial charge on any atom is -0.475 e. The van der Waals surface area contributed by atoms with Crippen LogP contribution >= 0.6 is 0 Å². The number of nitrogen functional groups attached to an aromatic ring is 1. The molecular formula is C7H11N3O2. The highest BCUT2D eigenvalue weighted by Crippen LogP contribution is 2.12. The van der Waals surface area contributed by atoms with E-state index in [1.807, 2.05) is 6.92 Å². The highest BCUT2D eigenvalue weighted by atomic mass is 16.5. The molecule has 1 rings (SSSR count). The van der Waals surface area contributed by atoms with E-state index >= 15 is 0 Å². The van der Waals surface area contributed by atoms with Gasteiger partial charge >= 0.3 is 0 Å². The average molecular weight is 169 g/mol. The Kier molecular flexibility index (Phi) is 2.82. The van der Waals surface area contributed by atoms with Gasteiger partial charge < -0.3 is 15.6 Å². The predicted octanol–water partition coefficient (Wildman–Crippen LogP) is -0.262. The van der Waals surface area contributed by atoms with Crippen LogP contribution in [0.2, 0.25) is 0 Å². The number of nitrogens with two attached hydrogens (primary N) is 1. The zero-order chi connectivity index (χ0) is 8.97. The third-order valence-corrected chi connectivity index (χ3v) is 1.27. The summed E-state index contributed by atoms with van der Waals surface area (Å²) in [6.45, 7) is 1.99. The van der Waals surface area contributed by atoms with Gasteiger partial charge in [0.15, 0.2) is 0 Å². The van der Waals surface area contributed by atoms with Crippen molar-refractivity contribution in [1.29, 1.82) is 0 Å². The maximum absolute atomic E-state index is 8.49. The summed E-state index contributed by atoms with van der Waals surface area (Å²) in [5.74, 6) is 0.602. The molecular weight excluding hydrogens is 158 g/mol. The zero-order valence-corrected chi connectivity index (χ0v) is 6.82. The van der Waals surface area contributed by atoms with Crippen LogP contribution in [0.5, 0.6) is 5.88 Å². The Bertz CT molecular complexity index is 265. The van der Waals surface area contributed by atoms with Gasteiger partial charge in [0.05, 0.1) is 6.61 Å². The van der Waals surface area contributed by atoms with Crippen molar-refractivity contribution in [3.05, 3.63) is 11.8 Å². The van der Waals surface area contributed by atoms with E-state index in [1.165, 1.54) is 0 Å². The molecule has 12 heavy (non-hydrogen) atoms. The second-order valence-corrected chi connectivity index (χ2v) is 2.29. The topological polar surface area (TPSA) is 81.3 Å². The Morgan fingerprint density at radius 1 is 1.67 bits per heavy atom. The zero-order valence-electron chi connectivity index (χ0n) is 6.82. The van der Waals surface area contributed by atoms with Crippen LogP contribution in [-0.4, -0.2) is 28.3 Å². The minimum atomic E-state index is -0.0383. The third kappa shape index (κ3) is 2.06. The fourth-order valence-electron chi connectivity index (χ4n) is 0.728. The first kappa shape index (κ1) is 8.73. The number of aromatic nitrogens is 2. The lowest BCUT2D eigenvalue weighted by Crippen LogP contribution is -2.06. The van der Waals surface area contributed by atoms with Gasteiger partial charge in [0.2, 0.25) is 11.8 Å². The first-order valence-corrected chi connectivity index (χ1v) is 3.57. The Morgan fingerprint density at radius 3 is 3.08 bits per heavy atom. The number of ether oxygens (including phenoxy) is 1. The molecule has 0 spiro atoms. The van der Waals surface area contributed by atoms with Crippen molar-refractivity contribution in [2.45, 2.75) is 6.92 Å². The van der Waals surface area contributed by atoms with Gasteiger partial charge in [0, 0.05) is 11.8 Å². The van der Waals surface area contributed by atoms with Crippen LogP contribution in [0.4, 0.5) is 5.95 Å². The SMILES string of the molecule is Cc1cnc(N)nc1OCCO. The highest BCUT2D eigenvalue weighted by Gasteiger charge is 2.01.